The second-order valence-corrected chi connectivity index (χ2v) is 4.75. The van der Waals surface area contributed by atoms with Crippen LogP contribution in [-0.4, -0.2) is 21.5 Å². The zero-order valence-electron chi connectivity index (χ0n) is 10.4. The summed E-state index contributed by atoms with van der Waals surface area (Å²) in [7, 11) is 0. The quantitative estimate of drug-likeness (QED) is 0.943. The van der Waals surface area contributed by atoms with Crippen molar-refractivity contribution < 1.29 is 0 Å². The Hall–Kier alpha value is -1.49. The molecule has 2 rings (SSSR count). The molecular formula is C13H15BrN4. The molecule has 0 unspecified atom stereocenters. The number of hydrogen-bond acceptors (Lipinski definition) is 4. The molecule has 0 aliphatic heterocycles. The van der Waals surface area contributed by atoms with E-state index in [0.29, 0.717) is 6.42 Å². The van der Waals surface area contributed by atoms with Gasteiger partial charge in [0.05, 0.1) is 10.2 Å². The highest BCUT2D eigenvalue weighted by Gasteiger charge is 2.09. The molecule has 0 saturated heterocycles. The van der Waals surface area contributed by atoms with Gasteiger partial charge >= 0.3 is 0 Å². The van der Waals surface area contributed by atoms with Crippen molar-refractivity contribution in [2.45, 2.75) is 20.3 Å². The first-order valence-corrected chi connectivity index (χ1v) is 6.65. The van der Waals surface area contributed by atoms with E-state index >= 15 is 0 Å². The van der Waals surface area contributed by atoms with Crippen LogP contribution in [0.3, 0.4) is 0 Å². The van der Waals surface area contributed by atoms with Crippen molar-refractivity contribution in [3.05, 3.63) is 46.1 Å². The first kappa shape index (κ1) is 13.0. The molecule has 0 radical (unpaired) electrons. The van der Waals surface area contributed by atoms with Crippen molar-refractivity contribution in [1.29, 1.82) is 0 Å². The minimum absolute atomic E-state index is 0.695. The maximum absolute atomic E-state index is 4.52. The third-order valence-electron chi connectivity index (χ3n) is 2.49. The minimum Gasteiger partial charge on any atom is -0.369 e. The summed E-state index contributed by atoms with van der Waals surface area (Å²) in [6.45, 7) is 4.85. The summed E-state index contributed by atoms with van der Waals surface area (Å²) in [5, 5.41) is 3.23. The van der Waals surface area contributed by atoms with E-state index in [1.54, 1.807) is 6.20 Å². The van der Waals surface area contributed by atoms with Crippen LogP contribution in [0.5, 0.6) is 0 Å². The van der Waals surface area contributed by atoms with Crippen molar-refractivity contribution in [2.24, 2.45) is 0 Å². The molecule has 1 N–H and O–H groups in total. The molecule has 0 bridgehead atoms. The Morgan fingerprint density at radius 3 is 2.83 bits per heavy atom. The largest absolute Gasteiger partial charge is 0.369 e. The summed E-state index contributed by atoms with van der Waals surface area (Å²) in [6.07, 6.45) is 4.30. The lowest BCUT2D eigenvalue weighted by Crippen LogP contribution is -2.07. The highest BCUT2D eigenvalue weighted by atomic mass is 79.9. The first-order valence-electron chi connectivity index (χ1n) is 5.86. The van der Waals surface area contributed by atoms with E-state index in [4.69, 9.17) is 0 Å². The molecule has 0 amide bonds. The van der Waals surface area contributed by atoms with Crippen molar-refractivity contribution in [3.8, 4) is 0 Å². The zero-order valence-corrected chi connectivity index (χ0v) is 12.0. The molecule has 0 atom stereocenters. The molecule has 0 aliphatic rings. The van der Waals surface area contributed by atoms with Crippen molar-refractivity contribution in [1.82, 2.24) is 15.0 Å². The predicted octanol–water partition coefficient (Wildman–Crippen LogP) is 2.97. The topological polar surface area (TPSA) is 50.7 Å². The summed E-state index contributed by atoms with van der Waals surface area (Å²) < 4.78 is 0.930. The molecular weight excluding hydrogens is 292 g/mol. The van der Waals surface area contributed by atoms with Gasteiger partial charge in [0, 0.05) is 25.4 Å². The number of nitrogens with one attached hydrogen (secondary N) is 1. The maximum atomic E-state index is 4.52. The molecule has 2 heterocycles. The monoisotopic (exact) mass is 306 g/mol. The normalized spacial score (nSPS) is 10.4. The number of rotatable bonds is 4. The number of anilines is 1. The number of nitrogens with zero attached hydrogens (tertiary/aromatic N) is 3. The van der Waals surface area contributed by atoms with E-state index in [0.717, 1.165) is 33.9 Å². The maximum Gasteiger partial charge on any atom is 0.144 e. The van der Waals surface area contributed by atoms with Gasteiger partial charge in [-0.25, -0.2) is 9.97 Å². The highest BCUT2D eigenvalue weighted by molar-refractivity contribution is 9.10. The Balaban J connectivity index is 2.28. The fraction of sp³-hybridized carbons (Fsp3) is 0.308. The molecule has 4 nitrogen and oxygen atoms in total. The molecule has 0 spiro atoms. The molecule has 0 aliphatic carbocycles. The average molecular weight is 307 g/mol. The van der Waals surface area contributed by atoms with E-state index < -0.39 is 0 Å². The van der Waals surface area contributed by atoms with E-state index in [1.807, 2.05) is 32.2 Å². The molecule has 2 aromatic rings. The Bertz CT molecular complexity index is 528. The van der Waals surface area contributed by atoms with Crippen molar-refractivity contribution in [3.63, 3.8) is 0 Å². The molecule has 5 heteroatoms. The third kappa shape index (κ3) is 3.04. The standard InChI is InChI=1S/C13H15BrN4/c1-3-16-13-12(14)9(2)17-11(18-13)7-10-5-4-6-15-8-10/h4-6,8H,3,7H2,1-2H3,(H,16,17,18). The minimum atomic E-state index is 0.695. The van der Waals surface area contributed by atoms with E-state index in [9.17, 15) is 0 Å². The Morgan fingerprint density at radius 1 is 1.33 bits per heavy atom. The van der Waals surface area contributed by atoms with Gasteiger partial charge in [-0.2, -0.15) is 0 Å². The third-order valence-corrected chi connectivity index (χ3v) is 3.44. The summed E-state index contributed by atoms with van der Waals surface area (Å²) in [5.41, 5.74) is 2.06. The van der Waals surface area contributed by atoms with Crippen LogP contribution in [0.1, 0.15) is 24.0 Å². The number of aromatic nitrogens is 3. The predicted molar refractivity (Wildman–Crippen MR) is 75.7 cm³/mol. The van der Waals surface area contributed by atoms with Gasteiger partial charge in [0.25, 0.3) is 0 Å². The highest BCUT2D eigenvalue weighted by Crippen LogP contribution is 2.23. The van der Waals surface area contributed by atoms with Crippen LogP contribution < -0.4 is 5.32 Å². The van der Waals surface area contributed by atoms with Crippen LogP contribution in [0.25, 0.3) is 0 Å². The number of hydrogen-bond donors (Lipinski definition) is 1. The second-order valence-electron chi connectivity index (χ2n) is 3.96. The lowest BCUT2D eigenvalue weighted by atomic mass is 10.2. The molecule has 0 aromatic carbocycles. The van der Waals surface area contributed by atoms with Gasteiger partial charge in [-0.3, -0.25) is 4.98 Å². The van der Waals surface area contributed by atoms with Crippen LogP contribution in [-0.2, 0) is 6.42 Å². The molecule has 0 saturated carbocycles. The van der Waals surface area contributed by atoms with Crippen LogP contribution in [0.4, 0.5) is 5.82 Å². The number of halogens is 1. The van der Waals surface area contributed by atoms with Crippen molar-refractivity contribution >= 4 is 21.7 Å². The Labute approximate surface area is 115 Å². The van der Waals surface area contributed by atoms with E-state index in [-0.39, 0.29) is 0 Å². The van der Waals surface area contributed by atoms with Gasteiger partial charge in [-0.15, -0.1) is 0 Å². The van der Waals surface area contributed by atoms with Crippen LogP contribution in [0.15, 0.2) is 29.0 Å². The average Bonchev–Trinajstić information content (AvgIpc) is 2.37. The fourth-order valence-electron chi connectivity index (χ4n) is 1.67. The van der Waals surface area contributed by atoms with Crippen molar-refractivity contribution in [2.75, 3.05) is 11.9 Å². The van der Waals surface area contributed by atoms with Gasteiger partial charge in [0.15, 0.2) is 0 Å². The van der Waals surface area contributed by atoms with Gasteiger partial charge in [-0.05, 0) is 41.4 Å². The zero-order chi connectivity index (χ0) is 13.0. The smallest absolute Gasteiger partial charge is 0.144 e. The Morgan fingerprint density at radius 2 is 2.17 bits per heavy atom. The first-order chi connectivity index (χ1) is 8.70. The van der Waals surface area contributed by atoms with Gasteiger partial charge < -0.3 is 5.32 Å². The van der Waals surface area contributed by atoms with Gasteiger partial charge in [0.2, 0.25) is 0 Å². The van der Waals surface area contributed by atoms with Gasteiger partial charge in [-0.1, -0.05) is 6.07 Å². The molecule has 2 aromatic heterocycles. The summed E-state index contributed by atoms with van der Waals surface area (Å²) in [5.74, 6) is 1.66. The van der Waals surface area contributed by atoms with Gasteiger partial charge in [0.1, 0.15) is 11.6 Å². The fourth-order valence-corrected chi connectivity index (χ4v) is 1.98. The van der Waals surface area contributed by atoms with E-state index in [1.165, 1.54) is 0 Å². The van der Waals surface area contributed by atoms with E-state index in [2.05, 4.69) is 36.2 Å². The number of aryl methyl sites for hydroxylation is 1. The summed E-state index contributed by atoms with van der Waals surface area (Å²) >= 11 is 3.50. The van der Waals surface area contributed by atoms with Crippen LogP contribution in [0, 0.1) is 6.92 Å². The number of pyridine rings is 1. The molecule has 94 valence electrons. The summed E-state index contributed by atoms with van der Waals surface area (Å²) in [4.78, 5) is 13.1. The lowest BCUT2D eigenvalue weighted by molar-refractivity contribution is 0.926. The molecule has 0 fully saturated rings. The summed E-state index contributed by atoms with van der Waals surface area (Å²) in [6, 6.07) is 3.95. The van der Waals surface area contributed by atoms with Crippen LogP contribution >= 0.6 is 15.9 Å². The lowest BCUT2D eigenvalue weighted by Gasteiger charge is -2.09. The second kappa shape index (κ2) is 5.91. The molecule has 18 heavy (non-hydrogen) atoms. The SMILES string of the molecule is CCNc1nc(Cc2cccnc2)nc(C)c1Br. The van der Waals surface area contributed by atoms with Crippen LogP contribution in [0.2, 0.25) is 0 Å². The Kier molecular flexibility index (Phi) is 4.25.